The van der Waals surface area contributed by atoms with Gasteiger partial charge >= 0.3 is 0 Å². The molecule has 0 radical (unpaired) electrons. The normalized spacial score (nSPS) is 29.6. The molecule has 0 aliphatic carbocycles. The molecule has 20 heavy (non-hydrogen) atoms. The molecule has 3 heterocycles. The van der Waals surface area contributed by atoms with Crippen molar-refractivity contribution in [2.75, 3.05) is 13.6 Å². The smallest absolute Gasteiger partial charge is 0.151 e. The average Bonchev–Trinajstić information content (AvgIpc) is 2.45. The number of hydrogen-bond acceptors (Lipinski definition) is 5. The van der Waals surface area contributed by atoms with Crippen LogP contribution in [-0.2, 0) is 4.79 Å². The van der Waals surface area contributed by atoms with Gasteiger partial charge in [0.25, 0.3) is 0 Å². The van der Waals surface area contributed by atoms with Crippen LogP contribution in [0.1, 0.15) is 20.3 Å². The fourth-order valence-electron chi connectivity index (χ4n) is 3.31. The molecule has 0 spiro atoms. The van der Waals surface area contributed by atoms with Gasteiger partial charge in [0.15, 0.2) is 5.78 Å². The lowest BCUT2D eigenvalue weighted by atomic mass is 9.84. The Morgan fingerprint density at radius 3 is 2.95 bits per heavy atom. The third-order valence-electron chi connectivity index (χ3n) is 4.22. The van der Waals surface area contributed by atoms with E-state index < -0.39 is 0 Å². The van der Waals surface area contributed by atoms with Crippen LogP contribution in [0.3, 0.4) is 0 Å². The first-order valence-electron chi connectivity index (χ1n) is 7.18. The van der Waals surface area contributed by atoms with Crippen LogP contribution in [0.25, 0.3) is 0 Å². The Labute approximate surface area is 120 Å². The largest absolute Gasteiger partial charge is 0.367 e. The van der Waals surface area contributed by atoms with E-state index in [1.165, 1.54) is 11.1 Å². The molecule has 108 valence electrons. The van der Waals surface area contributed by atoms with Crippen LogP contribution in [0.2, 0.25) is 0 Å². The van der Waals surface area contributed by atoms with Crippen molar-refractivity contribution >= 4 is 5.78 Å². The third-order valence-corrected chi connectivity index (χ3v) is 4.22. The number of allylic oxidation sites excluding steroid dienone is 2. The fraction of sp³-hybridized carbons (Fsp3) is 0.533. The first-order chi connectivity index (χ1) is 9.61. The molecular weight excluding hydrogens is 252 g/mol. The van der Waals surface area contributed by atoms with Crippen molar-refractivity contribution in [1.29, 1.82) is 0 Å². The Kier molecular flexibility index (Phi) is 3.40. The molecule has 5 nitrogen and oxygen atoms in total. The molecule has 0 aromatic rings. The molecule has 5 heteroatoms. The number of likely N-dealkylation sites (tertiary alicyclic amines) is 1. The van der Waals surface area contributed by atoms with Crippen LogP contribution in [0.5, 0.6) is 0 Å². The van der Waals surface area contributed by atoms with Gasteiger partial charge in [-0.3, -0.25) is 14.7 Å². The average molecular weight is 274 g/mol. The molecule has 2 N–H and O–H groups in total. The topological polar surface area (TPSA) is 47.6 Å². The highest BCUT2D eigenvalue weighted by Crippen LogP contribution is 2.35. The van der Waals surface area contributed by atoms with Gasteiger partial charge in [-0.2, -0.15) is 0 Å². The van der Waals surface area contributed by atoms with E-state index in [9.17, 15) is 4.79 Å². The van der Waals surface area contributed by atoms with Gasteiger partial charge in [0.05, 0.1) is 12.6 Å². The monoisotopic (exact) mass is 274 g/mol. The third kappa shape index (κ3) is 2.07. The predicted molar refractivity (Wildman–Crippen MR) is 78.4 cm³/mol. The number of nitrogens with zero attached hydrogens (tertiary/aromatic N) is 2. The second-order valence-electron chi connectivity index (χ2n) is 5.81. The van der Waals surface area contributed by atoms with Gasteiger partial charge < -0.3 is 5.32 Å². The molecule has 2 unspecified atom stereocenters. The highest BCUT2D eigenvalue weighted by Gasteiger charge is 2.41. The van der Waals surface area contributed by atoms with Crippen LogP contribution in [0.4, 0.5) is 0 Å². The number of carbonyl (C=O) groups excluding carboxylic acids is 1. The summed E-state index contributed by atoms with van der Waals surface area (Å²) in [5.74, 6) is 0.301. The van der Waals surface area contributed by atoms with Crippen LogP contribution >= 0.6 is 0 Å². The van der Waals surface area contributed by atoms with Crippen molar-refractivity contribution in [2.45, 2.75) is 38.5 Å². The number of dihydropyridines is 1. The highest BCUT2D eigenvalue weighted by molar-refractivity contribution is 5.85. The molecule has 0 aromatic heterocycles. The number of ketones is 1. The van der Waals surface area contributed by atoms with Crippen LogP contribution < -0.4 is 10.7 Å². The van der Waals surface area contributed by atoms with Crippen LogP contribution in [-0.4, -0.2) is 47.5 Å². The molecule has 3 aliphatic rings. The SMILES string of the molecule is CNN1C=C2CC(=O)CN(C(C)C)C2C2=CC=CNC21. The summed E-state index contributed by atoms with van der Waals surface area (Å²) in [5.41, 5.74) is 5.68. The maximum Gasteiger partial charge on any atom is 0.151 e. The first-order valence-corrected chi connectivity index (χ1v) is 7.18. The number of hydrazine groups is 1. The van der Waals surface area contributed by atoms with Crippen molar-refractivity contribution in [3.8, 4) is 0 Å². The molecule has 3 rings (SSSR count). The van der Waals surface area contributed by atoms with E-state index in [2.05, 4.69) is 41.8 Å². The van der Waals surface area contributed by atoms with Gasteiger partial charge in [-0.05, 0) is 37.3 Å². The minimum Gasteiger partial charge on any atom is -0.367 e. The summed E-state index contributed by atoms with van der Waals surface area (Å²) in [4.78, 5) is 14.3. The summed E-state index contributed by atoms with van der Waals surface area (Å²) in [7, 11) is 1.90. The minimum absolute atomic E-state index is 0.119. The Bertz CT molecular complexity index is 506. The molecule has 3 aliphatic heterocycles. The lowest BCUT2D eigenvalue weighted by Gasteiger charge is -2.48. The molecular formula is C15H22N4O. The van der Waals surface area contributed by atoms with E-state index in [4.69, 9.17) is 0 Å². The quantitative estimate of drug-likeness (QED) is 0.778. The molecule has 1 saturated heterocycles. The maximum atomic E-state index is 12.0. The maximum absolute atomic E-state index is 12.0. The predicted octanol–water partition coefficient (Wildman–Crippen LogP) is 0.741. The molecule has 0 amide bonds. The highest BCUT2D eigenvalue weighted by atomic mass is 16.1. The van der Waals surface area contributed by atoms with Gasteiger partial charge in [0.1, 0.15) is 6.17 Å². The van der Waals surface area contributed by atoms with E-state index in [0.717, 1.165) is 0 Å². The number of Topliss-reactive ketones (excluding diaryl/α,β-unsaturated/α-hetero) is 1. The molecule has 0 saturated carbocycles. The van der Waals surface area contributed by atoms with Crippen molar-refractivity contribution in [1.82, 2.24) is 20.7 Å². The minimum atomic E-state index is 0.119. The fourth-order valence-corrected chi connectivity index (χ4v) is 3.31. The number of fused-ring (bicyclic) bond motifs is 3. The summed E-state index contributed by atoms with van der Waals surface area (Å²) in [6, 6.07) is 0.584. The molecule has 0 bridgehead atoms. The number of piperidine rings is 1. The summed E-state index contributed by atoms with van der Waals surface area (Å²) in [5, 5.41) is 5.42. The Hall–Kier alpha value is -1.59. The van der Waals surface area contributed by atoms with Crippen molar-refractivity contribution < 1.29 is 4.79 Å². The number of nitrogens with one attached hydrogen (secondary N) is 2. The lowest BCUT2D eigenvalue weighted by Crippen LogP contribution is -2.60. The van der Waals surface area contributed by atoms with Gasteiger partial charge in [-0.25, -0.2) is 5.43 Å². The van der Waals surface area contributed by atoms with E-state index in [0.29, 0.717) is 24.8 Å². The zero-order valence-electron chi connectivity index (χ0n) is 12.3. The van der Waals surface area contributed by atoms with Crippen molar-refractivity contribution in [2.24, 2.45) is 0 Å². The van der Waals surface area contributed by atoms with E-state index >= 15 is 0 Å². The molecule has 2 atom stereocenters. The second-order valence-corrected chi connectivity index (χ2v) is 5.81. The van der Waals surface area contributed by atoms with Crippen molar-refractivity contribution in [3.63, 3.8) is 0 Å². The van der Waals surface area contributed by atoms with Crippen LogP contribution in [0, 0.1) is 0 Å². The van der Waals surface area contributed by atoms with E-state index in [1.54, 1.807) is 0 Å². The number of rotatable bonds is 2. The second kappa shape index (κ2) is 5.07. The Balaban J connectivity index is 2.05. The summed E-state index contributed by atoms with van der Waals surface area (Å²) >= 11 is 0. The number of hydrogen-bond donors (Lipinski definition) is 2. The lowest BCUT2D eigenvalue weighted by molar-refractivity contribution is -0.122. The van der Waals surface area contributed by atoms with Gasteiger partial charge in [0.2, 0.25) is 0 Å². The first kappa shape index (κ1) is 13.4. The summed E-state index contributed by atoms with van der Waals surface area (Å²) in [6.07, 6.45) is 8.94. The van der Waals surface area contributed by atoms with Gasteiger partial charge in [-0.15, -0.1) is 0 Å². The molecule has 1 fully saturated rings. The van der Waals surface area contributed by atoms with E-state index in [1.807, 2.05) is 24.3 Å². The number of carbonyl (C=O) groups is 1. The van der Waals surface area contributed by atoms with E-state index in [-0.39, 0.29) is 12.2 Å². The standard InChI is InChI=1S/C15H22N4O/c1-10(2)18-9-12(20)7-11-8-19(16-3)15-13(14(11)18)5-4-6-17-15/h4-6,8,10,14-17H,7,9H2,1-3H3. The zero-order valence-corrected chi connectivity index (χ0v) is 12.3. The van der Waals surface area contributed by atoms with Gasteiger partial charge in [-0.1, -0.05) is 6.08 Å². The zero-order chi connectivity index (χ0) is 14.3. The van der Waals surface area contributed by atoms with Crippen molar-refractivity contribution in [3.05, 3.63) is 35.7 Å². The van der Waals surface area contributed by atoms with Gasteiger partial charge in [0, 0.05) is 25.7 Å². The molecule has 0 aromatic carbocycles. The Morgan fingerprint density at radius 2 is 2.25 bits per heavy atom. The summed E-state index contributed by atoms with van der Waals surface area (Å²) in [6.45, 7) is 4.86. The Morgan fingerprint density at radius 1 is 1.45 bits per heavy atom. The summed E-state index contributed by atoms with van der Waals surface area (Å²) < 4.78 is 0. The van der Waals surface area contributed by atoms with Crippen LogP contribution in [0.15, 0.2) is 35.7 Å².